The largest absolute Gasteiger partial charge is 0.142 e. The number of hydrogen-bond donors (Lipinski definition) is 0. The van der Waals surface area contributed by atoms with Crippen molar-refractivity contribution >= 4 is 161 Å². The fraction of sp³-hybridized carbons (Fsp3) is 0.529. The number of hydrogen-bond acceptors (Lipinski definition) is 7. The Bertz CT molecular complexity index is 1930. The lowest BCUT2D eigenvalue weighted by Gasteiger charge is -2.42. The van der Waals surface area contributed by atoms with Crippen molar-refractivity contribution in [1.29, 1.82) is 0 Å². The van der Waals surface area contributed by atoms with Crippen molar-refractivity contribution in [2.45, 2.75) is 116 Å². The fourth-order valence-corrected chi connectivity index (χ4v) is 38.1. The third kappa shape index (κ3) is 4.08. The molecule has 0 aliphatic heterocycles. The Labute approximate surface area is 286 Å². The second kappa shape index (κ2) is 10.7. The molecule has 0 bridgehead atoms. The minimum Gasteiger partial charge on any atom is -0.142 e. The molecule has 0 saturated carbocycles. The van der Waals surface area contributed by atoms with Crippen molar-refractivity contribution in [1.82, 2.24) is 0 Å². The smallest absolute Gasteiger partial charge is 0.107 e. The van der Waals surface area contributed by atoms with Crippen molar-refractivity contribution in [3.63, 3.8) is 0 Å². The van der Waals surface area contributed by atoms with Gasteiger partial charge in [-0.15, -0.1) is 79.4 Å². The highest BCUT2D eigenvalue weighted by atomic mass is 32.1. The van der Waals surface area contributed by atoms with E-state index in [-0.39, 0.29) is 0 Å². The molecule has 7 aromatic heterocycles. The molecular formula is C34H44S7Si2. The number of fused-ring (bicyclic) bond motifs is 11. The van der Waals surface area contributed by atoms with E-state index in [9.17, 15) is 0 Å². The molecule has 0 aromatic carbocycles. The van der Waals surface area contributed by atoms with Crippen LogP contribution in [0.2, 0.25) is 33.2 Å². The molecule has 0 fully saturated rings. The molecule has 0 unspecified atom stereocenters. The second-order valence-electron chi connectivity index (χ2n) is 14.5. The summed E-state index contributed by atoms with van der Waals surface area (Å²) in [5, 5.41) is 0. The first kappa shape index (κ1) is 31.5. The Morgan fingerprint density at radius 1 is 0.326 bits per heavy atom. The lowest BCUT2D eigenvalue weighted by atomic mass is 10.4. The monoisotopic (exact) mass is 732 g/mol. The van der Waals surface area contributed by atoms with Crippen LogP contribution in [0.5, 0.6) is 0 Å². The van der Waals surface area contributed by atoms with E-state index in [2.05, 4.69) is 175 Å². The molecular weight excluding hydrogens is 689 g/mol. The van der Waals surface area contributed by atoms with Crippen molar-refractivity contribution in [3.8, 4) is 0 Å². The molecule has 0 aliphatic rings. The van der Waals surface area contributed by atoms with Gasteiger partial charge in [0.1, 0.15) is 16.1 Å². The Balaban J connectivity index is 1.40. The van der Waals surface area contributed by atoms with E-state index in [0.717, 1.165) is 33.2 Å². The van der Waals surface area contributed by atoms with Gasteiger partial charge in [0.05, 0.1) is 47.0 Å². The van der Waals surface area contributed by atoms with Crippen LogP contribution in [0, 0.1) is 0 Å². The van der Waals surface area contributed by atoms with Crippen LogP contribution < -0.4 is 9.00 Å². The molecule has 0 aliphatic carbocycles. The van der Waals surface area contributed by atoms with E-state index in [1.807, 2.05) is 0 Å². The van der Waals surface area contributed by atoms with Gasteiger partial charge in [0.2, 0.25) is 0 Å². The van der Waals surface area contributed by atoms with E-state index in [1.165, 1.54) is 0 Å². The topological polar surface area (TPSA) is 0 Å². The molecule has 0 spiro atoms. The van der Waals surface area contributed by atoms with Gasteiger partial charge in [-0.25, -0.2) is 0 Å². The highest BCUT2D eigenvalue weighted by molar-refractivity contribution is 7.52. The first-order chi connectivity index (χ1) is 20.3. The quantitative estimate of drug-likeness (QED) is 0.136. The van der Waals surface area contributed by atoms with Gasteiger partial charge in [-0.1, -0.05) is 83.1 Å². The van der Waals surface area contributed by atoms with Crippen LogP contribution in [0.3, 0.4) is 0 Å². The molecule has 0 atom stereocenters. The molecule has 9 heteroatoms. The molecule has 43 heavy (non-hydrogen) atoms. The molecule has 0 N–H and O–H groups in total. The van der Waals surface area contributed by atoms with E-state index in [1.54, 1.807) is 65.4 Å². The maximum absolute atomic E-state index is 2.64. The minimum absolute atomic E-state index is 0.755. The zero-order chi connectivity index (χ0) is 30.9. The molecule has 7 heterocycles. The summed E-state index contributed by atoms with van der Waals surface area (Å²) in [6.07, 6.45) is 0. The molecule has 0 radical (unpaired) electrons. The van der Waals surface area contributed by atoms with Crippen LogP contribution in [0.25, 0.3) is 56.4 Å². The third-order valence-corrected chi connectivity index (χ3v) is 36.4. The molecule has 0 saturated heterocycles. The van der Waals surface area contributed by atoms with Crippen LogP contribution >= 0.6 is 79.4 Å². The summed E-state index contributed by atoms with van der Waals surface area (Å²) in [5.74, 6) is 0. The molecule has 0 nitrogen and oxygen atoms in total. The first-order valence-corrected chi connectivity index (χ1v) is 26.1. The van der Waals surface area contributed by atoms with Crippen molar-refractivity contribution < 1.29 is 0 Å². The summed E-state index contributed by atoms with van der Waals surface area (Å²) in [6.45, 7) is 30.0. The lowest BCUT2D eigenvalue weighted by molar-refractivity contribution is 0.837. The SMILES string of the molecule is CC(C)[Si](c1cc2sc3c(sc4c3sc3c5sc6cc([Si](C(C)C)(C(C)C)C(C)C)sc6c5sc34)c2s1)(C(C)C)C(C)C. The average Bonchev–Trinajstić information content (AvgIpc) is 3.70. The molecule has 7 rings (SSSR count). The predicted octanol–water partition coefficient (Wildman–Crippen LogP) is 14.8. The summed E-state index contributed by atoms with van der Waals surface area (Å²) in [4.78, 5) is 0. The van der Waals surface area contributed by atoms with Crippen molar-refractivity contribution in [3.05, 3.63) is 12.1 Å². The Morgan fingerprint density at radius 2 is 0.558 bits per heavy atom. The van der Waals surface area contributed by atoms with E-state index in [0.29, 0.717) is 0 Å². The molecule has 230 valence electrons. The maximum Gasteiger partial charge on any atom is 0.107 e. The van der Waals surface area contributed by atoms with E-state index < -0.39 is 16.1 Å². The second-order valence-corrected chi connectivity index (χ2v) is 34.3. The van der Waals surface area contributed by atoms with Crippen LogP contribution in [-0.4, -0.2) is 16.1 Å². The van der Waals surface area contributed by atoms with Crippen LogP contribution in [0.15, 0.2) is 12.1 Å². The van der Waals surface area contributed by atoms with Crippen molar-refractivity contribution in [2.75, 3.05) is 0 Å². The van der Waals surface area contributed by atoms with Crippen molar-refractivity contribution in [2.24, 2.45) is 0 Å². The Hall–Kier alpha value is -0.106. The van der Waals surface area contributed by atoms with Gasteiger partial charge in [-0.2, -0.15) is 0 Å². The summed E-state index contributed by atoms with van der Waals surface area (Å²) >= 11 is 14.8. The summed E-state index contributed by atoms with van der Waals surface area (Å²) in [7, 11) is -3.27. The fourth-order valence-electron chi connectivity index (χ4n) is 9.44. The minimum atomic E-state index is -1.64. The zero-order valence-corrected chi connectivity index (χ0v) is 35.2. The summed E-state index contributed by atoms with van der Waals surface area (Å²) in [5.41, 5.74) is 4.53. The van der Waals surface area contributed by atoms with Gasteiger partial charge in [0.15, 0.2) is 0 Å². The van der Waals surface area contributed by atoms with Gasteiger partial charge in [-0.05, 0) is 54.4 Å². The van der Waals surface area contributed by atoms with E-state index >= 15 is 0 Å². The average molecular weight is 733 g/mol. The maximum atomic E-state index is 2.64. The van der Waals surface area contributed by atoms with Gasteiger partial charge in [0.25, 0.3) is 0 Å². The summed E-state index contributed by atoms with van der Waals surface area (Å²) < 4.78 is 22.2. The van der Waals surface area contributed by atoms with Gasteiger partial charge >= 0.3 is 0 Å². The van der Waals surface area contributed by atoms with Crippen LogP contribution in [0.4, 0.5) is 0 Å². The van der Waals surface area contributed by atoms with Crippen LogP contribution in [-0.2, 0) is 0 Å². The normalized spacial score (nSPS) is 14.4. The standard InChI is InChI=1S/C34H44S7Si2/c1-15(2)42(16(3)4,17(5)6)23-13-21-25(37-23)27-29(35-21)31-33(39-27)34-32(41-31)30-28(40-34)26-22(36-30)14-24(38-26)43(18(7)8,19(9)10)20(11)12/h13-20H,1-12H3. The predicted molar refractivity (Wildman–Crippen MR) is 218 cm³/mol. The zero-order valence-electron chi connectivity index (χ0n) is 27.5. The van der Waals surface area contributed by atoms with E-state index in [4.69, 9.17) is 0 Å². The van der Waals surface area contributed by atoms with Gasteiger partial charge < -0.3 is 0 Å². The molecule has 0 amide bonds. The Kier molecular flexibility index (Phi) is 7.84. The summed E-state index contributed by atoms with van der Waals surface area (Å²) in [6, 6.07) is 5.28. The number of rotatable bonds is 8. The lowest BCUT2D eigenvalue weighted by Crippen LogP contribution is -2.54. The van der Waals surface area contributed by atoms with Crippen LogP contribution in [0.1, 0.15) is 83.1 Å². The highest BCUT2D eigenvalue weighted by Crippen LogP contribution is 2.57. The van der Waals surface area contributed by atoms with Gasteiger partial charge in [-0.3, -0.25) is 0 Å². The van der Waals surface area contributed by atoms with Gasteiger partial charge in [0, 0.05) is 9.40 Å². The molecule has 7 aromatic rings. The Morgan fingerprint density at radius 3 is 0.814 bits per heavy atom. The number of thiophene rings is 7. The highest BCUT2D eigenvalue weighted by Gasteiger charge is 2.47. The third-order valence-electron chi connectivity index (χ3n) is 10.9. The first-order valence-electron chi connectivity index (χ1n) is 15.9.